The van der Waals surface area contributed by atoms with Crippen molar-refractivity contribution in [1.29, 1.82) is 0 Å². The summed E-state index contributed by atoms with van der Waals surface area (Å²) in [5.41, 5.74) is 0. The van der Waals surface area contributed by atoms with Gasteiger partial charge in [-0.05, 0) is 72.1 Å². The highest BCUT2D eigenvalue weighted by Gasteiger charge is 2.27. The molecule has 0 aliphatic carbocycles. The van der Waals surface area contributed by atoms with Crippen LogP contribution in [0.5, 0.6) is 0 Å². The van der Waals surface area contributed by atoms with Crippen LogP contribution in [0.2, 0.25) is 5.02 Å². The van der Waals surface area contributed by atoms with Crippen LogP contribution in [0.15, 0.2) is 29.2 Å². The molecule has 0 spiro atoms. The number of benzene rings is 1. The Labute approximate surface area is 109 Å². The highest BCUT2D eigenvalue weighted by Crippen LogP contribution is 2.40. The molecule has 0 heterocycles. The number of hydrogen-bond acceptors (Lipinski definition) is 1. The van der Waals surface area contributed by atoms with E-state index in [9.17, 15) is 4.21 Å². The van der Waals surface area contributed by atoms with E-state index in [0.717, 1.165) is 0 Å². The SMILES string of the molecule is O=S(c1ccc(Cl)cc1)C(Br)(Br)Br. The summed E-state index contributed by atoms with van der Waals surface area (Å²) in [4.78, 5) is 0.690. The molecule has 1 unspecified atom stereocenters. The van der Waals surface area contributed by atoms with Crippen LogP contribution in [0.4, 0.5) is 0 Å². The van der Waals surface area contributed by atoms with Gasteiger partial charge in [0, 0.05) is 9.92 Å². The lowest BCUT2D eigenvalue weighted by Gasteiger charge is -2.11. The number of halogens is 4. The van der Waals surface area contributed by atoms with E-state index in [1.807, 2.05) is 0 Å². The molecule has 0 radical (unpaired) electrons. The summed E-state index contributed by atoms with van der Waals surface area (Å²) < 4.78 is 10.9. The second-order valence-electron chi connectivity index (χ2n) is 2.17. The Hall–Kier alpha value is 1.10. The molecule has 0 amide bonds. The van der Waals surface area contributed by atoms with Crippen molar-refractivity contribution in [3.63, 3.8) is 0 Å². The molecule has 0 saturated heterocycles. The first-order valence-electron chi connectivity index (χ1n) is 3.15. The van der Waals surface area contributed by atoms with Crippen LogP contribution in [0.25, 0.3) is 0 Å². The first kappa shape index (κ1) is 12.2. The van der Waals surface area contributed by atoms with Gasteiger partial charge in [0.15, 0.2) is 0 Å². The second-order valence-corrected chi connectivity index (χ2v) is 12.6. The molecule has 0 aliphatic heterocycles. The van der Waals surface area contributed by atoms with Crippen LogP contribution in [0.3, 0.4) is 0 Å². The van der Waals surface area contributed by atoms with Crippen molar-refractivity contribution in [2.45, 2.75) is 6.37 Å². The van der Waals surface area contributed by atoms with Crippen molar-refractivity contribution < 1.29 is 4.21 Å². The summed E-state index contributed by atoms with van der Waals surface area (Å²) in [6.45, 7) is 0. The molecule has 6 heteroatoms. The minimum atomic E-state index is -1.22. The molecule has 1 aromatic rings. The highest BCUT2D eigenvalue weighted by atomic mass is 80.0. The Balaban J connectivity index is 2.97. The standard InChI is InChI=1S/C7H4Br3ClOS/c8-7(9,10)13(12)6-3-1-5(11)2-4-6/h1-4H. The minimum absolute atomic E-state index is 0.630. The monoisotopic (exact) mass is 408 g/mol. The van der Waals surface area contributed by atoms with E-state index < -0.39 is 12.3 Å². The minimum Gasteiger partial charge on any atom is -0.251 e. The maximum absolute atomic E-state index is 11.7. The van der Waals surface area contributed by atoms with Gasteiger partial charge in [-0.25, -0.2) is 0 Å². The Kier molecular flexibility index (Phi) is 4.44. The first-order chi connectivity index (χ1) is 5.91. The molecule has 0 fully saturated rings. The molecule has 0 N–H and O–H groups in total. The van der Waals surface area contributed by atoms with Gasteiger partial charge in [-0.3, -0.25) is 4.21 Å². The Morgan fingerprint density at radius 1 is 1.15 bits per heavy atom. The quantitative estimate of drug-likeness (QED) is 0.632. The van der Waals surface area contributed by atoms with Gasteiger partial charge >= 0.3 is 0 Å². The van der Waals surface area contributed by atoms with Crippen LogP contribution in [0.1, 0.15) is 0 Å². The molecule has 72 valence electrons. The Bertz CT molecular complexity index is 320. The van der Waals surface area contributed by atoms with Crippen molar-refractivity contribution in [2.75, 3.05) is 0 Å². The Morgan fingerprint density at radius 2 is 1.62 bits per heavy atom. The Morgan fingerprint density at radius 3 is 2.00 bits per heavy atom. The van der Waals surface area contributed by atoms with Crippen LogP contribution >= 0.6 is 59.4 Å². The summed E-state index contributed by atoms with van der Waals surface area (Å²) in [6.07, 6.45) is 0. The average Bonchev–Trinajstić information content (AvgIpc) is 2.03. The van der Waals surface area contributed by atoms with E-state index in [-0.39, 0.29) is 0 Å². The summed E-state index contributed by atoms with van der Waals surface area (Å²) in [5, 5.41) is 0.630. The molecule has 1 atom stereocenters. The summed E-state index contributed by atoms with van der Waals surface area (Å²) in [6, 6.07) is 6.84. The molecule has 0 aromatic heterocycles. The molecule has 1 nitrogen and oxygen atoms in total. The molecular weight excluding hydrogens is 407 g/mol. The molecule has 0 aliphatic rings. The molecule has 1 aromatic carbocycles. The number of hydrogen-bond donors (Lipinski definition) is 0. The first-order valence-corrected chi connectivity index (χ1v) is 7.06. The fourth-order valence-corrected chi connectivity index (χ4v) is 3.15. The number of alkyl halides is 3. The maximum atomic E-state index is 11.7. The van der Waals surface area contributed by atoms with Gasteiger partial charge in [0.2, 0.25) is 1.47 Å². The third kappa shape index (κ3) is 3.63. The van der Waals surface area contributed by atoms with Gasteiger partial charge in [0.25, 0.3) is 0 Å². The fraction of sp³-hybridized carbons (Fsp3) is 0.143. The van der Waals surface area contributed by atoms with Gasteiger partial charge < -0.3 is 0 Å². The van der Waals surface area contributed by atoms with Crippen LogP contribution < -0.4 is 0 Å². The van der Waals surface area contributed by atoms with E-state index in [1.165, 1.54) is 0 Å². The molecular formula is C7H4Br3ClOS. The zero-order valence-electron chi connectivity index (χ0n) is 6.14. The molecule has 13 heavy (non-hydrogen) atoms. The van der Waals surface area contributed by atoms with E-state index in [4.69, 9.17) is 11.6 Å². The van der Waals surface area contributed by atoms with Gasteiger partial charge in [-0.1, -0.05) is 11.6 Å². The molecule has 0 saturated carbocycles. The lowest BCUT2D eigenvalue weighted by molar-refractivity contribution is 0.685. The van der Waals surface area contributed by atoms with Crippen molar-refractivity contribution in [2.24, 2.45) is 0 Å². The van der Waals surface area contributed by atoms with Crippen LogP contribution in [-0.4, -0.2) is 5.68 Å². The van der Waals surface area contributed by atoms with Crippen molar-refractivity contribution in [3.05, 3.63) is 29.3 Å². The predicted molar refractivity (Wildman–Crippen MR) is 67.4 cm³/mol. The zero-order chi connectivity index (χ0) is 10.1. The topological polar surface area (TPSA) is 17.1 Å². The van der Waals surface area contributed by atoms with E-state index in [1.54, 1.807) is 24.3 Å². The summed E-state index contributed by atoms with van der Waals surface area (Å²) in [5.74, 6) is 0. The van der Waals surface area contributed by atoms with Crippen LogP contribution in [0, 0.1) is 0 Å². The summed E-state index contributed by atoms with van der Waals surface area (Å²) in [7, 11) is -1.22. The van der Waals surface area contributed by atoms with Gasteiger partial charge in [0.1, 0.15) is 0 Å². The van der Waals surface area contributed by atoms with E-state index in [2.05, 4.69) is 47.8 Å². The van der Waals surface area contributed by atoms with E-state index >= 15 is 0 Å². The van der Waals surface area contributed by atoms with Crippen LogP contribution in [-0.2, 0) is 10.8 Å². The lowest BCUT2D eigenvalue weighted by Crippen LogP contribution is -2.09. The average molecular weight is 411 g/mol. The number of rotatable bonds is 1. The second kappa shape index (κ2) is 4.75. The van der Waals surface area contributed by atoms with E-state index in [0.29, 0.717) is 9.92 Å². The normalized spacial score (nSPS) is 14.2. The predicted octanol–water partition coefficient (Wildman–Crippen LogP) is 4.24. The van der Waals surface area contributed by atoms with Gasteiger partial charge in [0.05, 0.1) is 10.8 Å². The smallest absolute Gasteiger partial charge is 0.213 e. The molecule has 1 rings (SSSR count). The van der Waals surface area contributed by atoms with Gasteiger partial charge in [-0.2, -0.15) is 0 Å². The van der Waals surface area contributed by atoms with Crippen molar-refractivity contribution in [3.8, 4) is 0 Å². The largest absolute Gasteiger partial charge is 0.251 e. The third-order valence-electron chi connectivity index (χ3n) is 1.24. The fourth-order valence-electron chi connectivity index (χ4n) is 0.692. The highest BCUT2D eigenvalue weighted by molar-refractivity contribution is 9.42. The van der Waals surface area contributed by atoms with Gasteiger partial charge in [-0.15, -0.1) is 0 Å². The van der Waals surface area contributed by atoms with Crippen molar-refractivity contribution in [1.82, 2.24) is 0 Å². The lowest BCUT2D eigenvalue weighted by atomic mass is 10.4. The molecule has 0 bridgehead atoms. The third-order valence-corrected chi connectivity index (χ3v) is 5.26. The van der Waals surface area contributed by atoms with Crippen molar-refractivity contribution >= 4 is 70.2 Å². The zero-order valence-corrected chi connectivity index (χ0v) is 12.5. The summed E-state index contributed by atoms with van der Waals surface area (Å²) >= 11 is 15.3. The maximum Gasteiger partial charge on any atom is 0.213 e.